The van der Waals surface area contributed by atoms with Crippen molar-refractivity contribution in [1.29, 1.82) is 0 Å². The lowest BCUT2D eigenvalue weighted by atomic mass is 9.99. The lowest BCUT2D eigenvalue weighted by molar-refractivity contribution is -0.125. The van der Waals surface area contributed by atoms with Crippen molar-refractivity contribution in [2.24, 2.45) is 5.92 Å². The second kappa shape index (κ2) is 6.67. The number of piperidine rings is 1. The van der Waals surface area contributed by atoms with Crippen molar-refractivity contribution in [3.05, 3.63) is 18.2 Å². The van der Waals surface area contributed by atoms with Gasteiger partial charge in [0.1, 0.15) is 12.4 Å². The molecule has 2 aliphatic rings. The number of carbonyl (C=O) groups excluding carboxylic acids is 1. The summed E-state index contributed by atoms with van der Waals surface area (Å²) in [5.41, 5.74) is 0. The van der Waals surface area contributed by atoms with E-state index in [1.165, 1.54) is 0 Å². The van der Waals surface area contributed by atoms with Crippen LogP contribution in [0.5, 0.6) is 17.2 Å². The van der Waals surface area contributed by atoms with E-state index in [1.807, 2.05) is 12.1 Å². The highest BCUT2D eigenvalue weighted by atomic mass is 16.7. The Kier molecular flexibility index (Phi) is 4.45. The first-order valence-corrected chi connectivity index (χ1v) is 7.34. The van der Waals surface area contributed by atoms with Gasteiger partial charge in [-0.25, -0.2) is 0 Å². The molecule has 1 atom stereocenters. The molecular formula is C15H20N2O4. The van der Waals surface area contributed by atoms with Crippen LogP contribution in [0.15, 0.2) is 18.2 Å². The molecule has 1 aromatic carbocycles. The number of fused-ring (bicyclic) bond motifs is 1. The third kappa shape index (κ3) is 3.58. The van der Waals surface area contributed by atoms with Crippen LogP contribution in [0.4, 0.5) is 0 Å². The minimum absolute atomic E-state index is 0.0873. The standard InChI is InChI=1S/C15H20N2O4/c18-15(11-2-1-5-16-9-11)17-6-7-19-12-3-4-13-14(8-12)21-10-20-13/h3-4,8,11,16H,1-2,5-7,9-10H2,(H,17,18). The van der Waals surface area contributed by atoms with E-state index < -0.39 is 0 Å². The van der Waals surface area contributed by atoms with Crippen LogP contribution < -0.4 is 24.8 Å². The van der Waals surface area contributed by atoms with Crippen LogP contribution in [0, 0.1) is 5.92 Å². The fourth-order valence-electron chi connectivity index (χ4n) is 2.53. The van der Waals surface area contributed by atoms with Crippen molar-refractivity contribution in [1.82, 2.24) is 10.6 Å². The number of amides is 1. The van der Waals surface area contributed by atoms with Gasteiger partial charge in [-0.15, -0.1) is 0 Å². The lowest BCUT2D eigenvalue weighted by Gasteiger charge is -2.21. The van der Waals surface area contributed by atoms with Crippen molar-refractivity contribution in [2.45, 2.75) is 12.8 Å². The van der Waals surface area contributed by atoms with Crippen LogP contribution in [0.3, 0.4) is 0 Å². The summed E-state index contributed by atoms with van der Waals surface area (Å²) in [6.07, 6.45) is 2.02. The van der Waals surface area contributed by atoms with Crippen LogP contribution >= 0.6 is 0 Å². The van der Waals surface area contributed by atoms with Crippen molar-refractivity contribution in [3.8, 4) is 17.2 Å². The zero-order valence-corrected chi connectivity index (χ0v) is 11.9. The fourth-order valence-corrected chi connectivity index (χ4v) is 2.53. The summed E-state index contributed by atoms with van der Waals surface area (Å²) in [5, 5.41) is 6.15. The molecule has 0 spiro atoms. The van der Waals surface area contributed by atoms with Crippen LogP contribution in [0.25, 0.3) is 0 Å². The van der Waals surface area contributed by atoms with Gasteiger partial charge in [0, 0.05) is 12.6 Å². The van der Waals surface area contributed by atoms with Crippen molar-refractivity contribution >= 4 is 5.91 Å². The Bertz CT molecular complexity index is 500. The minimum Gasteiger partial charge on any atom is -0.492 e. The first-order valence-electron chi connectivity index (χ1n) is 7.34. The highest BCUT2D eigenvalue weighted by Crippen LogP contribution is 2.34. The monoisotopic (exact) mass is 292 g/mol. The van der Waals surface area contributed by atoms with Crippen molar-refractivity contribution < 1.29 is 19.0 Å². The summed E-state index contributed by atoms with van der Waals surface area (Å²) in [6, 6.07) is 5.46. The predicted octanol–water partition coefficient (Wildman–Crippen LogP) is 0.910. The van der Waals surface area contributed by atoms with Crippen molar-refractivity contribution in [2.75, 3.05) is 33.0 Å². The number of rotatable bonds is 5. The van der Waals surface area contributed by atoms with Gasteiger partial charge >= 0.3 is 0 Å². The quantitative estimate of drug-likeness (QED) is 0.790. The second-order valence-corrected chi connectivity index (χ2v) is 5.20. The van der Waals surface area contributed by atoms with E-state index in [-0.39, 0.29) is 18.6 Å². The number of benzene rings is 1. The topological polar surface area (TPSA) is 68.8 Å². The van der Waals surface area contributed by atoms with Crippen LogP contribution in [0.2, 0.25) is 0 Å². The molecule has 2 heterocycles. The molecular weight excluding hydrogens is 272 g/mol. The van der Waals surface area contributed by atoms with Gasteiger partial charge in [-0.1, -0.05) is 0 Å². The third-order valence-corrected chi connectivity index (χ3v) is 3.68. The maximum absolute atomic E-state index is 11.9. The van der Waals surface area contributed by atoms with E-state index in [0.717, 1.165) is 31.7 Å². The number of ether oxygens (including phenoxy) is 3. The third-order valence-electron chi connectivity index (χ3n) is 3.68. The first-order chi connectivity index (χ1) is 10.3. The van der Waals surface area contributed by atoms with Gasteiger partial charge in [0.15, 0.2) is 11.5 Å². The molecule has 0 radical (unpaired) electrons. The van der Waals surface area contributed by atoms with E-state index >= 15 is 0 Å². The molecule has 1 aromatic rings. The Balaban J connectivity index is 1.39. The summed E-state index contributed by atoms with van der Waals surface area (Å²) < 4.78 is 16.1. The molecule has 6 heteroatoms. The molecule has 2 N–H and O–H groups in total. The van der Waals surface area contributed by atoms with E-state index in [4.69, 9.17) is 14.2 Å². The Labute approximate surface area is 123 Å². The molecule has 1 amide bonds. The Morgan fingerprint density at radius 1 is 1.38 bits per heavy atom. The summed E-state index contributed by atoms with van der Waals surface area (Å²) >= 11 is 0. The van der Waals surface area contributed by atoms with Gasteiger partial charge in [0.2, 0.25) is 12.7 Å². The van der Waals surface area contributed by atoms with Gasteiger partial charge in [-0.2, -0.15) is 0 Å². The van der Waals surface area contributed by atoms with Gasteiger partial charge in [-0.3, -0.25) is 4.79 Å². The molecule has 0 aromatic heterocycles. The molecule has 0 saturated carbocycles. The second-order valence-electron chi connectivity index (χ2n) is 5.20. The molecule has 1 fully saturated rings. The smallest absolute Gasteiger partial charge is 0.231 e. The Morgan fingerprint density at radius 3 is 3.14 bits per heavy atom. The molecule has 3 rings (SSSR count). The van der Waals surface area contributed by atoms with Crippen LogP contribution in [0.1, 0.15) is 12.8 Å². The van der Waals surface area contributed by atoms with Gasteiger partial charge < -0.3 is 24.8 Å². The molecule has 114 valence electrons. The maximum atomic E-state index is 11.9. The number of hydrogen-bond acceptors (Lipinski definition) is 5. The van der Waals surface area contributed by atoms with E-state index in [9.17, 15) is 4.79 Å². The van der Waals surface area contributed by atoms with Gasteiger partial charge in [-0.05, 0) is 31.5 Å². The minimum atomic E-state index is 0.0873. The normalized spacial score (nSPS) is 20.1. The Morgan fingerprint density at radius 2 is 2.29 bits per heavy atom. The van der Waals surface area contributed by atoms with Crippen LogP contribution in [-0.2, 0) is 4.79 Å². The van der Waals surface area contributed by atoms with Gasteiger partial charge in [0.05, 0.1) is 12.5 Å². The highest BCUT2D eigenvalue weighted by molar-refractivity contribution is 5.78. The molecule has 1 saturated heterocycles. The zero-order valence-electron chi connectivity index (χ0n) is 11.9. The average Bonchev–Trinajstić information content (AvgIpc) is 3.00. The summed E-state index contributed by atoms with van der Waals surface area (Å²) in [7, 11) is 0. The number of carbonyl (C=O) groups is 1. The fraction of sp³-hybridized carbons (Fsp3) is 0.533. The number of hydrogen-bond donors (Lipinski definition) is 2. The largest absolute Gasteiger partial charge is 0.492 e. The summed E-state index contributed by atoms with van der Waals surface area (Å²) in [6.45, 7) is 2.98. The van der Waals surface area contributed by atoms with E-state index in [2.05, 4.69) is 10.6 Å². The predicted molar refractivity (Wildman–Crippen MR) is 76.7 cm³/mol. The highest BCUT2D eigenvalue weighted by Gasteiger charge is 2.20. The molecule has 0 aliphatic carbocycles. The SMILES string of the molecule is O=C(NCCOc1ccc2c(c1)OCO2)C1CCCNC1. The zero-order chi connectivity index (χ0) is 14.5. The van der Waals surface area contributed by atoms with Crippen LogP contribution in [-0.4, -0.2) is 38.9 Å². The molecule has 1 unspecified atom stereocenters. The summed E-state index contributed by atoms with van der Waals surface area (Å²) in [4.78, 5) is 11.9. The van der Waals surface area contributed by atoms with Crippen molar-refractivity contribution in [3.63, 3.8) is 0 Å². The lowest BCUT2D eigenvalue weighted by Crippen LogP contribution is -2.41. The summed E-state index contributed by atoms with van der Waals surface area (Å²) in [5.74, 6) is 2.35. The van der Waals surface area contributed by atoms with E-state index in [0.29, 0.717) is 24.7 Å². The molecule has 21 heavy (non-hydrogen) atoms. The maximum Gasteiger partial charge on any atom is 0.231 e. The van der Waals surface area contributed by atoms with E-state index in [1.54, 1.807) is 6.07 Å². The molecule has 2 aliphatic heterocycles. The average molecular weight is 292 g/mol. The first kappa shape index (κ1) is 14.0. The molecule has 6 nitrogen and oxygen atoms in total. The molecule has 0 bridgehead atoms. The van der Waals surface area contributed by atoms with Gasteiger partial charge in [0.25, 0.3) is 0 Å². The number of nitrogens with one attached hydrogen (secondary N) is 2. The Hall–Kier alpha value is -1.95.